The van der Waals surface area contributed by atoms with E-state index in [1.54, 1.807) is 0 Å². The van der Waals surface area contributed by atoms with Gasteiger partial charge in [0.15, 0.2) is 0 Å². The number of hydrogen-bond donors (Lipinski definition) is 1. The summed E-state index contributed by atoms with van der Waals surface area (Å²) < 4.78 is 0. The SMILES string of the molecule is CC1CSC(=O)N1. The summed E-state index contributed by atoms with van der Waals surface area (Å²) in [5.74, 6) is 0.929. The Hall–Kier alpha value is -0.180. The molecular formula is C4H7NOS. The van der Waals surface area contributed by atoms with Gasteiger partial charge in [0, 0.05) is 11.8 Å². The summed E-state index contributed by atoms with van der Waals surface area (Å²) in [6, 6.07) is 0.387. The van der Waals surface area contributed by atoms with Gasteiger partial charge in [0.2, 0.25) is 0 Å². The Bertz CT molecular complexity index is 93.7. The molecule has 0 aromatic rings. The van der Waals surface area contributed by atoms with Crippen molar-refractivity contribution in [3.05, 3.63) is 0 Å². The quantitative estimate of drug-likeness (QED) is 0.509. The van der Waals surface area contributed by atoms with Crippen molar-refractivity contribution in [2.75, 3.05) is 5.75 Å². The highest BCUT2D eigenvalue weighted by atomic mass is 32.2. The molecule has 7 heavy (non-hydrogen) atoms. The van der Waals surface area contributed by atoms with Crippen molar-refractivity contribution in [3.63, 3.8) is 0 Å². The number of rotatable bonds is 0. The summed E-state index contributed by atoms with van der Waals surface area (Å²) in [6.45, 7) is 2.00. The molecule has 1 rings (SSSR count). The molecule has 0 aliphatic carbocycles. The molecule has 1 fully saturated rings. The smallest absolute Gasteiger partial charge is 0.279 e. The molecule has 1 saturated heterocycles. The van der Waals surface area contributed by atoms with Crippen LogP contribution in [0.15, 0.2) is 0 Å². The van der Waals surface area contributed by atoms with Crippen molar-refractivity contribution >= 4 is 17.0 Å². The number of thioether (sulfide) groups is 1. The minimum absolute atomic E-state index is 0.118. The monoisotopic (exact) mass is 117 g/mol. The van der Waals surface area contributed by atoms with E-state index in [4.69, 9.17) is 0 Å². The summed E-state index contributed by atoms with van der Waals surface area (Å²) in [4.78, 5) is 10.3. The van der Waals surface area contributed by atoms with E-state index in [1.807, 2.05) is 6.92 Å². The highest BCUT2D eigenvalue weighted by molar-refractivity contribution is 8.13. The van der Waals surface area contributed by atoms with Crippen molar-refractivity contribution in [2.45, 2.75) is 13.0 Å². The molecule has 1 aliphatic heterocycles. The summed E-state index contributed by atoms with van der Waals surface area (Å²) >= 11 is 1.36. The van der Waals surface area contributed by atoms with Crippen molar-refractivity contribution in [2.24, 2.45) is 0 Å². The van der Waals surface area contributed by atoms with Crippen LogP contribution in [0, 0.1) is 0 Å². The number of nitrogens with one attached hydrogen (secondary N) is 1. The van der Waals surface area contributed by atoms with Crippen LogP contribution in [-0.2, 0) is 0 Å². The van der Waals surface area contributed by atoms with E-state index in [2.05, 4.69) is 5.32 Å². The van der Waals surface area contributed by atoms with Gasteiger partial charge in [-0.2, -0.15) is 0 Å². The first-order valence-electron chi connectivity index (χ1n) is 2.22. The highest BCUT2D eigenvalue weighted by Gasteiger charge is 2.15. The Labute approximate surface area is 46.7 Å². The lowest BCUT2D eigenvalue weighted by Crippen LogP contribution is -2.21. The topological polar surface area (TPSA) is 29.1 Å². The summed E-state index contributed by atoms with van der Waals surface area (Å²) in [6.07, 6.45) is 0. The molecule has 3 heteroatoms. The van der Waals surface area contributed by atoms with Gasteiger partial charge < -0.3 is 5.32 Å². The van der Waals surface area contributed by atoms with Crippen LogP contribution in [0.1, 0.15) is 6.92 Å². The van der Waals surface area contributed by atoms with E-state index >= 15 is 0 Å². The van der Waals surface area contributed by atoms with Crippen molar-refractivity contribution in [1.29, 1.82) is 0 Å². The Morgan fingerprint density at radius 3 is 2.86 bits per heavy atom. The maximum atomic E-state index is 10.3. The van der Waals surface area contributed by atoms with Crippen LogP contribution in [0.2, 0.25) is 0 Å². The van der Waals surface area contributed by atoms with Crippen LogP contribution in [0.4, 0.5) is 4.79 Å². The first kappa shape index (κ1) is 4.97. The van der Waals surface area contributed by atoms with Crippen LogP contribution in [0.5, 0.6) is 0 Å². The molecule has 1 atom stereocenters. The molecule has 0 bridgehead atoms. The molecule has 40 valence electrons. The molecular weight excluding hydrogens is 110 g/mol. The molecule has 1 N–H and O–H groups in total. The second kappa shape index (κ2) is 1.74. The summed E-state index contributed by atoms with van der Waals surface area (Å²) in [5.41, 5.74) is 0. The van der Waals surface area contributed by atoms with Crippen LogP contribution in [0.3, 0.4) is 0 Å². The number of carbonyl (C=O) groups excluding carboxylic acids is 1. The summed E-state index contributed by atoms with van der Waals surface area (Å²) in [7, 11) is 0. The van der Waals surface area contributed by atoms with Crippen LogP contribution in [-0.4, -0.2) is 17.0 Å². The maximum Gasteiger partial charge on any atom is 0.279 e. The van der Waals surface area contributed by atoms with Crippen molar-refractivity contribution in [1.82, 2.24) is 5.32 Å². The summed E-state index contributed by atoms with van der Waals surface area (Å²) in [5, 5.41) is 2.86. The fourth-order valence-corrected chi connectivity index (χ4v) is 1.25. The minimum Gasteiger partial charge on any atom is -0.344 e. The minimum atomic E-state index is 0.118. The molecule has 0 spiro atoms. The first-order chi connectivity index (χ1) is 3.29. The average Bonchev–Trinajstić information content (AvgIpc) is 1.87. The first-order valence-corrected chi connectivity index (χ1v) is 3.21. The number of amides is 1. The Morgan fingerprint density at radius 2 is 2.71 bits per heavy atom. The van der Waals surface area contributed by atoms with Gasteiger partial charge in [-0.1, -0.05) is 11.8 Å². The molecule has 1 unspecified atom stereocenters. The van der Waals surface area contributed by atoms with E-state index in [9.17, 15) is 4.79 Å². The van der Waals surface area contributed by atoms with E-state index < -0.39 is 0 Å². The lowest BCUT2D eigenvalue weighted by atomic mass is 10.4. The Balaban J connectivity index is 2.40. The van der Waals surface area contributed by atoms with Crippen molar-refractivity contribution < 1.29 is 4.79 Å². The van der Waals surface area contributed by atoms with Gasteiger partial charge in [-0.15, -0.1) is 0 Å². The lowest BCUT2D eigenvalue weighted by Gasteiger charge is -1.94. The van der Waals surface area contributed by atoms with Gasteiger partial charge >= 0.3 is 0 Å². The fraction of sp³-hybridized carbons (Fsp3) is 0.750. The van der Waals surface area contributed by atoms with Gasteiger partial charge in [0.1, 0.15) is 0 Å². The van der Waals surface area contributed by atoms with Crippen LogP contribution in [0.25, 0.3) is 0 Å². The van der Waals surface area contributed by atoms with Gasteiger partial charge in [-0.25, -0.2) is 0 Å². The third-order valence-electron chi connectivity index (χ3n) is 0.829. The third kappa shape index (κ3) is 1.09. The van der Waals surface area contributed by atoms with E-state index in [0.717, 1.165) is 5.75 Å². The highest BCUT2D eigenvalue weighted by Crippen LogP contribution is 2.11. The molecule has 0 aromatic heterocycles. The van der Waals surface area contributed by atoms with E-state index in [1.165, 1.54) is 11.8 Å². The second-order valence-electron chi connectivity index (χ2n) is 1.64. The molecule has 0 aromatic carbocycles. The fourth-order valence-electron chi connectivity index (χ4n) is 0.485. The zero-order chi connectivity index (χ0) is 5.28. The molecule has 0 saturated carbocycles. The van der Waals surface area contributed by atoms with E-state index in [-0.39, 0.29) is 5.24 Å². The van der Waals surface area contributed by atoms with E-state index in [0.29, 0.717) is 6.04 Å². The maximum absolute atomic E-state index is 10.3. The van der Waals surface area contributed by atoms with Gasteiger partial charge in [-0.05, 0) is 6.92 Å². The Morgan fingerprint density at radius 1 is 2.00 bits per heavy atom. The predicted molar refractivity (Wildman–Crippen MR) is 30.5 cm³/mol. The molecule has 1 heterocycles. The number of hydrogen-bond acceptors (Lipinski definition) is 2. The van der Waals surface area contributed by atoms with Crippen LogP contribution >= 0.6 is 11.8 Å². The molecule has 1 amide bonds. The van der Waals surface area contributed by atoms with Gasteiger partial charge in [0.05, 0.1) is 0 Å². The largest absolute Gasteiger partial charge is 0.344 e. The average molecular weight is 117 g/mol. The normalized spacial score (nSPS) is 30.4. The zero-order valence-electron chi connectivity index (χ0n) is 4.10. The zero-order valence-corrected chi connectivity index (χ0v) is 4.92. The standard InChI is InChI=1S/C4H7NOS/c1-3-2-7-4(6)5-3/h3H,2H2,1H3,(H,5,6). The second-order valence-corrected chi connectivity index (χ2v) is 2.64. The van der Waals surface area contributed by atoms with Crippen LogP contribution < -0.4 is 5.32 Å². The Kier molecular flexibility index (Phi) is 1.23. The molecule has 2 nitrogen and oxygen atoms in total. The molecule has 0 radical (unpaired) electrons. The third-order valence-corrected chi connectivity index (χ3v) is 1.88. The number of carbonyl (C=O) groups is 1. The predicted octanol–water partition coefficient (Wildman–Crippen LogP) is 0.831. The van der Waals surface area contributed by atoms with Gasteiger partial charge in [-0.3, -0.25) is 4.79 Å². The lowest BCUT2D eigenvalue weighted by molar-refractivity contribution is 0.260. The van der Waals surface area contributed by atoms with Gasteiger partial charge in [0.25, 0.3) is 5.24 Å². The van der Waals surface area contributed by atoms with Crippen molar-refractivity contribution in [3.8, 4) is 0 Å². The molecule has 1 aliphatic rings.